The summed E-state index contributed by atoms with van der Waals surface area (Å²) in [6, 6.07) is 0. The Morgan fingerprint density at radius 2 is 1.76 bits per heavy atom. The Balaban J connectivity index is 3.32. The predicted octanol–water partition coefficient (Wildman–Crippen LogP) is 4.05. The van der Waals surface area contributed by atoms with Gasteiger partial charge in [0.25, 0.3) is 0 Å². The molecule has 0 radical (unpaired) electrons. The van der Waals surface area contributed by atoms with Crippen molar-refractivity contribution in [1.82, 2.24) is 4.98 Å². The van der Waals surface area contributed by atoms with E-state index >= 15 is 0 Å². The molecular weight excluding hydrogens is 314 g/mol. The van der Waals surface area contributed by atoms with Crippen molar-refractivity contribution in [3.63, 3.8) is 0 Å². The predicted molar refractivity (Wildman–Crippen MR) is 88.7 cm³/mol. The number of amides is 1. The van der Waals surface area contributed by atoms with Gasteiger partial charge >= 0.3 is 137 Å². The molecule has 1 rings (SSSR count). The van der Waals surface area contributed by atoms with Crippen molar-refractivity contribution in [1.29, 1.82) is 0 Å². The number of carbonyl (C=O) groups is 1. The fourth-order valence-electron chi connectivity index (χ4n) is 3.70. The van der Waals surface area contributed by atoms with Crippen LogP contribution in [-0.4, -0.2) is 27.9 Å². The molecule has 1 aliphatic carbocycles. The molecule has 21 heavy (non-hydrogen) atoms. The number of methoxy groups -OCH3 is 1. The molecule has 0 spiro atoms. The van der Waals surface area contributed by atoms with E-state index in [0.717, 1.165) is 0 Å². The van der Waals surface area contributed by atoms with Gasteiger partial charge in [0.05, 0.1) is 0 Å². The van der Waals surface area contributed by atoms with Gasteiger partial charge in [-0.2, -0.15) is 0 Å². The summed E-state index contributed by atoms with van der Waals surface area (Å²) in [5, 5.41) is 4.89. The quantitative estimate of drug-likeness (QED) is 0.764. The fourth-order valence-corrected chi connectivity index (χ4v) is 12.5. The summed E-state index contributed by atoms with van der Waals surface area (Å²) in [4.78, 5) is 15.4. The Morgan fingerprint density at radius 1 is 1.24 bits per heavy atom. The molecule has 0 heterocycles. The van der Waals surface area contributed by atoms with E-state index in [1.807, 2.05) is 0 Å². The molecule has 1 N–H and O–H groups in total. The van der Waals surface area contributed by atoms with Crippen molar-refractivity contribution < 1.29 is 27.4 Å². The van der Waals surface area contributed by atoms with Crippen LogP contribution in [0.15, 0.2) is 20.6 Å². The van der Waals surface area contributed by atoms with Gasteiger partial charge in [-0.3, -0.25) is 0 Å². The number of rotatable bonds is 5. The zero-order chi connectivity index (χ0) is 16.6. The number of ether oxygens (including phenoxy) is 1. The number of hydrogen-bond donors (Lipinski definition) is 1. The van der Waals surface area contributed by atoms with Crippen LogP contribution in [-0.2, 0) is 27.4 Å². The molecule has 0 aromatic rings. The van der Waals surface area contributed by atoms with Gasteiger partial charge in [-0.15, -0.1) is 0 Å². The SMILES string of the molecule is COCC(=O)N[Si](C)(C)C1(C)C(C)=C(C)C(C)=[C]1[Ti]([CH3])[CH3]. The van der Waals surface area contributed by atoms with Crippen molar-refractivity contribution >= 4 is 14.1 Å². The molecule has 1 atom stereocenters. The van der Waals surface area contributed by atoms with Crippen molar-refractivity contribution in [2.75, 3.05) is 13.7 Å². The second kappa shape index (κ2) is 6.53. The van der Waals surface area contributed by atoms with Gasteiger partial charge in [0.15, 0.2) is 0 Å². The molecule has 0 bridgehead atoms. The zero-order valence-corrected chi connectivity index (χ0v) is 17.6. The zero-order valence-electron chi connectivity index (χ0n) is 15.0. The molecular formula is C16H30NO2SiTi. The van der Waals surface area contributed by atoms with E-state index in [1.165, 1.54) is 16.7 Å². The fraction of sp³-hybridized carbons (Fsp3) is 0.688. The second-order valence-corrected chi connectivity index (χ2v) is 15.4. The minimum absolute atomic E-state index is 0.0125. The van der Waals surface area contributed by atoms with Crippen LogP contribution >= 0.6 is 0 Å². The van der Waals surface area contributed by atoms with Crippen LogP contribution in [0.2, 0.25) is 28.6 Å². The summed E-state index contributed by atoms with van der Waals surface area (Å²) < 4.78 is 6.64. The van der Waals surface area contributed by atoms with Crippen LogP contribution in [0.4, 0.5) is 0 Å². The summed E-state index contributed by atoms with van der Waals surface area (Å²) in [6.07, 6.45) is 0. The van der Waals surface area contributed by atoms with E-state index < -0.39 is 26.1 Å². The Morgan fingerprint density at radius 3 is 2.19 bits per heavy atom. The third-order valence-corrected chi connectivity index (χ3v) is 12.6. The summed E-state index contributed by atoms with van der Waals surface area (Å²) in [5.41, 5.74) is 4.37. The van der Waals surface area contributed by atoms with E-state index in [4.69, 9.17) is 4.74 Å². The Bertz CT molecular complexity index is 508. The number of allylic oxidation sites excluding steroid dienone is 4. The van der Waals surface area contributed by atoms with E-state index in [1.54, 1.807) is 11.0 Å². The van der Waals surface area contributed by atoms with Crippen LogP contribution in [0.1, 0.15) is 27.7 Å². The molecule has 5 heteroatoms. The molecule has 0 saturated carbocycles. The first-order valence-electron chi connectivity index (χ1n) is 7.50. The van der Waals surface area contributed by atoms with Crippen molar-refractivity contribution in [3.8, 4) is 0 Å². The van der Waals surface area contributed by atoms with Crippen LogP contribution in [0.25, 0.3) is 0 Å². The summed E-state index contributed by atoms with van der Waals surface area (Å²) in [6.45, 7) is 13.8. The van der Waals surface area contributed by atoms with Crippen LogP contribution in [0.3, 0.4) is 0 Å². The molecule has 0 aromatic carbocycles. The Labute approximate surface area is 137 Å². The molecule has 3 nitrogen and oxygen atoms in total. The maximum absolute atomic E-state index is 12.1. The second-order valence-electron chi connectivity index (χ2n) is 6.98. The molecule has 0 saturated heterocycles. The van der Waals surface area contributed by atoms with Gasteiger partial charge in [-0.1, -0.05) is 0 Å². The monoisotopic (exact) mass is 344 g/mol. The van der Waals surface area contributed by atoms with E-state index in [0.29, 0.717) is 0 Å². The molecule has 1 aliphatic rings. The average molecular weight is 344 g/mol. The van der Waals surface area contributed by atoms with Crippen molar-refractivity contribution in [2.24, 2.45) is 0 Å². The molecule has 119 valence electrons. The van der Waals surface area contributed by atoms with Crippen molar-refractivity contribution in [2.45, 2.75) is 56.3 Å². The third kappa shape index (κ3) is 3.14. The topological polar surface area (TPSA) is 38.3 Å². The molecule has 0 aromatic heterocycles. The van der Waals surface area contributed by atoms with Crippen LogP contribution in [0, 0.1) is 0 Å². The summed E-state index contributed by atoms with van der Waals surface area (Å²) in [5.74, 6) is 0.0125. The van der Waals surface area contributed by atoms with Gasteiger partial charge in [-0.05, 0) is 0 Å². The Kier molecular flexibility index (Phi) is 5.87. The van der Waals surface area contributed by atoms with Gasteiger partial charge in [0.1, 0.15) is 0 Å². The van der Waals surface area contributed by atoms with Crippen LogP contribution < -0.4 is 4.98 Å². The standard InChI is InChI=1S/C14H24NO2Si.2CH3.Ti/c1-10-8-14(4,12(3)11(10)2)18(6,7)15-13(16)9-17-5;;;/h9H2,1-7H3,(H,15,16);2*1H3;. The van der Waals surface area contributed by atoms with E-state index in [9.17, 15) is 4.79 Å². The molecule has 0 fully saturated rings. The first kappa shape index (κ1) is 18.9. The number of carbonyl (C=O) groups excluding carboxylic acids is 1. The third-order valence-electron chi connectivity index (χ3n) is 5.23. The van der Waals surface area contributed by atoms with Gasteiger partial charge in [-0.25, -0.2) is 0 Å². The number of nitrogens with one attached hydrogen (secondary N) is 1. The molecule has 1 unspecified atom stereocenters. The van der Waals surface area contributed by atoms with Gasteiger partial charge in [0, 0.05) is 0 Å². The van der Waals surface area contributed by atoms with Gasteiger partial charge in [0.2, 0.25) is 0 Å². The first-order chi connectivity index (χ1) is 9.50. The first-order valence-corrected chi connectivity index (χ1v) is 14.4. The molecule has 0 aliphatic heterocycles. The van der Waals surface area contributed by atoms with E-state index in [2.05, 4.69) is 56.2 Å². The van der Waals surface area contributed by atoms with Crippen molar-refractivity contribution in [3.05, 3.63) is 20.6 Å². The minimum atomic E-state index is -2.02. The maximum atomic E-state index is 12.1. The average Bonchev–Trinajstić information content (AvgIpc) is 2.51. The number of hydrogen-bond acceptors (Lipinski definition) is 2. The van der Waals surface area contributed by atoms with E-state index in [-0.39, 0.29) is 17.6 Å². The van der Waals surface area contributed by atoms with Gasteiger partial charge < -0.3 is 0 Å². The van der Waals surface area contributed by atoms with Crippen LogP contribution in [0.5, 0.6) is 0 Å². The normalized spacial score (nSPS) is 22.9. The summed E-state index contributed by atoms with van der Waals surface area (Å²) in [7, 11) is -0.453. The summed E-state index contributed by atoms with van der Waals surface area (Å²) >= 11 is -1.24. The Hall–Kier alpha value is -0.159. The molecule has 1 amide bonds.